The smallest absolute Gasteiger partial charge is 0.325 e. The van der Waals surface area contributed by atoms with Crippen LogP contribution in [0.4, 0.5) is 4.79 Å². The van der Waals surface area contributed by atoms with E-state index in [0.717, 1.165) is 40.6 Å². The zero-order valence-corrected chi connectivity index (χ0v) is 16.2. The van der Waals surface area contributed by atoms with Gasteiger partial charge in [-0.2, -0.15) is 0 Å². The molecule has 2 aliphatic heterocycles. The lowest BCUT2D eigenvalue weighted by Crippen LogP contribution is -2.47. The van der Waals surface area contributed by atoms with Crippen molar-refractivity contribution in [2.45, 2.75) is 45.2 Å². The summed E-state index contributed by atoms with van der Waals surface area (Å²) in [5, 5.41) is 3.95. The molecule has 1 atom stereocenters. The van der Waals surface area contributed by atoms with E-state index in [4.69, 9.17) is 0 Å². The van der Waals surface area contributed by atoms with Crippen molar-refractivity contribution in [2.24, 2.45) is 5.92 Å². The van der Waals surface area contributed by atoms with Crippen molar-refractivity contribution in [1.29, 1.82) is 0 Å². The van der Waals surface area contributed by atoms with Crippen LogP contribution < -0.4 is 5.32 Å². The number of imide groups is 1. The first kappa shape index (κ1) is 17.3. The number of H-pyrrole nitrogens is 1. The average Bonchev–Trinajstić information content (AvgIpc) is 3.43. The Bertz CT molecular complexity index is 1020. The fourth-order valence-electron chi connectivity index (χ4n) is 4.57. The van der Waals surface area contributed by atoms with Gasteiger partial charge in [0.25, 0.3) is 5.91 Å². The third kappa shape index (κ3) is 2.52. The normalized spacial score (nSPS) is 24.6. The fourth-order valence-corrected chi connectivity index (χ4v) is 4.57. The molecule has 4 amide bonds. The molecule has 5 rings (SSSR count). The van der Waals surface area contributed by atoms with E-state index in [2.05, 4.69) is 35.4 Å². The second-order valence-electron chi connectivity index (χ2n) is 8.49. The second-order valence-corrected chi connectivity index (χ2v) is 8.49. The molecule has 0 unspecified atom stereocenters. The number of benzene rings is 1. The predicted octanol–water partition coefficient (Wildman–Crippen LogP) is 2.08. The third-order valence-electron chi connectivity index (χ3n) is 6.47. The summed E-state index contributed by atoms with van der Waals surface area (Å²) >= 11 is 0. The number of urea groups is 1. The highest BCUT2D eigenvalue weighted by Gasteiger charge is 2.56. The highest BCUT2D eigenvalue weighted by molar-refractivity contribution is 6.09. The van der Waals surface area contributed by atoms with Gasteiger partial charge in [-0.25, -0.2) is 4.79 Å². The van der Waals surface area contributed by atoms with Crippen molar-refractivity contribution in [1.82, 2.24) is 20.1 Å². The molecule has 0 radical (unpaired) electrons. The fraction of sp³-hybridized carbons (Fsp3) is 0.476. The van der Waals surface area contributed by atoms with E-state index in [1.54, 1.807) is 11.8 Å². The molecule has 1 saturated heterocycles. The van der Waals surface area contributed by atoms with Crippen molar-refractivity contribution < 1.29 is 14.4 Å². The molecular formula is C21H24N4O3. The van der Waals surface area contributed by atoms with E-state index in [9.17, 15) is 14.4 Å². The van der Waals surface area contributed by atoms with E-state index in [1.807, 2.05) is 0 Å². The van der Waals surface area contributed by atoms with E-state index in [1.165, 1.54) is 11.3 Å². The molecule has 7 heteroatoms. The van der Waals surface area contributed by atoms with Gasteiger partial charge in [0.15, 0.2) is 0 Å². The van der Waals surface area contributed by atoms with Gasteiger partial charge in [-0.15, -0.1) is 0 Å². The highest BCUT2D eigenvalue weighted by atomic mass is 16.2. The van der Waals surface area contributed by atoms with Gasteiger partial charge >= 0.3 is 6.03 Å². The third-order valence-corrected chi connectivity index (χ3v) is 6.47. The Morgan fingerprint density at radius 2 is 2.07 bits per heavy atom. The average molecular weight is 380 g/mol. The van der Waals surface area contributed by atoms with Crippen LogP contribution >= 0.6 is 0 Å². The number of aryl methyl sites for hydroxylation is 1. The standard InChI is InChI=1S/C21H24N4O3/c1-12-3-6-16-14(9-12)15-10-24(8-7-17(15)22-16)18(26)11-25-19(27)21(2,13-4-5-13)23-20(25)28/h3,6,9,13,22H,4-5,7-8,10-11H2,1-2H3,(H,23,28)/t21-/m0/s1. The number of carbonyl (C=O) groups excluding carboxylic acids is 3. The summed E-state index contributed by atoms with van der Waals surface area (Å²) in [4.78, 5) is 44.3. The van der Waals surface area contributed by atoms with Gasteiger partial charge in [-0.1, -0.05) is 11.6 Å². The molecular weight excluding hydrogens is 356 g/mol. The van der Waals surface area contributed by atoms with Gasteiger partial charge < -0.3 is 15.2 Å². The maximum absolute atomic E-state index is 12.9. The Morgan fingerprint density at radius 3 is 2.82 bits per heavy atom. The Labute approximate surface area is 163 Å². The number of aromatic nitrogens is 1. The quantitative estimate of drug-likeness (QED) is 0.800. The summed E-state index contributed by atoms with van der Waals surface area (Å²) in [6.45, 7) is 4.72. The number of rotatable bonds is 3. The molecule has 1 saturated carbocycles. The lowest BCUT2D eigenvalue weighted by molar-refractivity contribution is -0.139. The summed E-state index contributed by atoms with van der Waals surface area (Å²) in [5.41, 5.74) is 3.72. The Balaban J connectivity index is 1.34. The van der Waals surface area contributed by atoms with Gasteiger partial charge in [0.2, 0.25) is 5.91 Å². The number of carbonyl (C=O) groups is 3. The number of amides is 4. The van der Waals surface area contributed by atoms with E-state index >= 15 is 0 Å². The SMILES string of the molecule is Cc1ccc2[nH]c3c(c2c1)CN(C(=O)CN1C(=O)N[C@@](C)(C2CC2)C1=O)CC3. The summed E-state index contributed by atoms with van der Waals surface area (Å²) in [5.74, 6) is -0.263. The molecule has 1 aromatic carbocycles. The summed E-state index contributed by atoms with van der Waals surface area (Å²) < 4.78 is 0. The van der Waals surface area contributed by atoms with Crippen LogP contribution in [0.15, 0.2) is 18.2 Å². The van der Waals surface area contributed by atoms with Crippen LogP contribution in [0, 0.1) is 12.8 Å². The van der Waals surface area contributed by atoms with Crippen LogP contribution in [0.5, 0.6) is 0 Å². The molecule has 7 nitrogen and oxygen atoms in total. The van der Waals surface area contributed by atoms with Crippen LogP contribution in [-0.4, -0.2) is 51.3 Å². The first-order chi connectivity index (χ1) is 13.4. The summed E-state index contributed by atoms with van der Waals surface area (Å²) in [6, 6.07) is 5.83. The topological polar surface area (TPSA) is 85.5 Å². The molecule has 3 heterocycles. The zero-order chi connectivity index (χ0) is 19.6. The van der Waals surface area contributed by atoms with Crippen molar-refractivity contribution in [3.63, 3.8) is 0 Å². The van der Waals surface area contributed by atoms with Crippen molar-refractivity contribution in [3.8, 4) is 0 Å². The highest BCUT2D eigenvalue weighted by Crippen LogP contribution is 2.42. The molecule has 28 heavy (non-hydrogen) atoms. The maximum atomic E-state index is 12.9. The summed E-state index contributed by atoms with van der Waals surface area (Å²) in [6.07, 6.45) is 2.63. The van der Waals surface area contributed by atoms with E-state index in [-0.39, 0.29) is 24.3 Å². The molecule has 146 valence electrons. The lowest BCUT2D eigenvalue weighted by atomic mass is 9.96. The zero-order valence-electron chi connectivity index (χ0n) is 16.2. The molecule has 2 aromatic rings. The minimum absolute atomic E-state index is 0.184. The van der Waals surface area contributed by atoms with Crippen molar-refractivity contribution in [2.75, 3.05) is 13.1 Å². The van der Waals surface area contributed by atoms with Crippen LogP contribution in [0.25, 0.3) is 10.9 Å². The molecule has 2 N–H and O–H groups in total. The van der Waals surface area contributed by atoms with Gasteiger partial charge in [0.05, 0.1) is 0 Å². The Kier molecular flexibility index (Phi) is 3.60. The first-order valence-electron chi connectivity index (χ1n) is 9.89. The molecule has 0 spiro atoms. The van der Waals surface area contributed by atoms with Crippen molar-refractivity contribution >= 4 is 28.7 Å². The molecule has 3 aliphatic rings. The molecule has 1 aromatic heterocycles. The number of nitrogens with zero attached hydrogens (tertiary/aromatic N) is 2. The molecule has 1 aliphatic carbocycles. The van der Waals surface area contributed by atoms with Gasteiger partial charge in [0.1, 0.15) is 12.1 Å². The lowest BCUT2D eigenvalue weighted by Gasteiger charge is -2.28. The minimum atomic E-state index is -0.846. The van der Waals surface area contributed by atoms with Gasteiger partial charge in [0, 0.05) is 41.7 Å². The van der Waals surface area contributed by atoms with E-state index < -0.39 is 11.6 Å². The monoisotopic (exact) mass is 380 g/mol. The molecule has 0 bridgehead atoms. The molecule has 2 fully saturated rings. The number of hydrogen-bond acceptors (Lipinski definition) is 3. The van der Waals surface area contributed by atoms with Crippen LogP contribution in [0.3, 0.4) is 0 Å². The van der Waals surface area contributed by atoms with Crippen LogP contribution in [-0.2, 0) is 22.6 Å². The summed E-state index contributed by atoms with van der Waals surface area (Å²) in [7, 11) is 0. The minimum Gasteiger partial charge on any atom is -0.358 e. The maximum Gasteiger partial charge on any atom is 0.325 e. The van der Waals surface area contributed by atoms with Crippen LogP contribution in [0.1, 0.15) is 36.6 Å². The number of fused-ring (bicyclic) bond motifs is 3. The van der Waals surface area contributed by atoms with Crippen LogP contribution in [0.2, 0.25) is 0 Å². The van der Waals surface area contributed by atoms with Gasteiger partial charge in [-0.3, -0.25) is 14.5 Å². The van der Waals surface area contributed by atoms with Crippen molar-refractivity contribution in [3.05, 3.63) is 35.0 Å². The Hall–Kier alpha value is -2.83. The van der Waals surface area contributed by atoms with E-state index in [0.29, 0.717) is 13.1 Å². The first-order valence-corrected chi connectivity index (χ1v) is 9.89. The Morgan fingerprint density at radius 1 is 1.29 bits per heavy atom. The second kappa shape index (κ2) is 5.83. The number of nitrogens with one attached hydrogen (secondary N) is 2. The predicted molar refractivity (Wildman–Crippen MR) is 104 cm³/mol. The number of aromatic amines is 1. The largest absolute Gasteiger partial charge is 0.358 e. The number of hydrogen-bond donors (Lipinski definition) is 2. The van der Waals surface area contributed by atoms with Gasteiger partial charge in [-0.05, 0) is 44.7 Å².